The van der Waals surface area contributed by atoms with Crippen LogP contribution in [-0.2, 0) is 9.53 Å². The maximum Gasteiger partial charge on any atom is 0.325 e. The van der Waals surface area contributed by atoms with E-state index in [9.17, 15) is 9.59 Å². The zero-order valence-corrected chi connectivity index (χ0v) is 12.6. The van der Waals surface area contributed by atoms with Crippen molar-refractivity contribution in [2.75, 3.05) is 19.7 Å². The Hall–Kier alpha value is -1.43. The zero-order chi connectivity index (χ0) is 14.3. The quantitative estimate of drug-likeness (QED) is 0.593. The fraction of sp³-hybridized carbons (Fsp3) is 0.462. The van der Waals surface area contributed by atoms with Crippen molar-refractivity contribution >= 4 is 27.8 Å². The number of hydrogen-bond acceptors (Lipinski definition) is 4. The molecule has 0 saturated heterocycles. The summed E-state index contributed by atoms with van der Waals surface area (Å²) < 4.78 is 5.53. The number of carbonyl (C=O) groups is 2. The van der Waals surface area contributed by atoms with Crippen LogP contribution in [-0.4, -0.2) is 41.5 Å². The van der Waals surface area contributed by atoms with Crippen molar-refractivity contribution in [1.29, 1.82) is 0 Å². The number of hydrogen-bond donors (Lipinski definition) is 0. The molecule has 1 rings (SSSR count). The number of amides is 1. The summed E-state index contributed by atoms with van der Waals surface area (Å²) in [6.07, 6.45) is 2.26. The average Bonchev–Trinajstić information content (AvgIpc) is 2.38. The minimum Gasteiger partial charge on any atom is -0.465 e. The first-order valence-corrected chi connectivity index (χ1v) is 6.94. The molecule has 0 aliphatic rings. The van der Waals surface area contributed by atoms with E-state index in [2.05, 4.69) is 20.9 Å². The Morgan fingerprint density at radius 3 is 2.63 bits per heavy atom. The largest absolute Gasteiger partial charge is 0.465 e. The van der Waals surface area contributed by atoms with E-state index in [1.165, 1.54) is 11.1 Å². The van der Waals surface area contributed by atoms with Crippen molar-refractivity contribution < 1.29 is 14.3 Å². The highest BCUT2D eigenvalue weighted by molar-refractivity contribution is 9.10. The minimum absolute atomic E-state index is 0.0312. The van der Waals surface area contributed by atoms with E-state index in [0.29, 0.717) is 23.3 Å². The summed E-state index contributed by atoms with van der Waals surface area (Å²) in [5, 5.41) is 0. The van der Waals surface area contributed by atoms with Crippen molar-refractivity contribution in [2.24, 2.45) is 0 Å². The summed E-state index contributed by atoms with van der Waals surface area (Å²) in [4.78, 5) is 29.2. The highest BCUT2D eigenvalue weighted by Crippen LogP contribution is 2.09. The van der Waals surface area contributed by atoms with Crippen LogP contribution in [0.5, 0.6) is 0 Å². The molecule has 0 fully saturated rings. The molecule has 0 atom stereocenters. The lowest BCUT2D eigenvalue weighted by Crippen LogP contribution is -2.37. The molecule has 6 heteroatoms. The summed E-state index contributed by atoms with van der Waals surface area (Å²) in [5.41, 5.74) is 0.459. The molecule has 1 aromatic heterocycles. The number of nitrogens with zero attached hydrogens (tertiary/aromatic N) is 2. The second kappa shape index (κ2) is 7.89. The van der Waals surface area contributed by atoms with E-state index in [1.54, 1.807) is 19.1 Å². The van der Waals surface area contributed by atoms with Crippen LogP contribution < -0.4 is 0 Å². The van der Waals surface area contributed by atoms with Crippen molar-refractivity contribution in [3.63, 3.8) is 0 Å². The molecule has 1 aromatic rings. The van der Waals surface area contributed by atoms with Gasteiger partial charge in [0.25, 0.3) is 5.91 Å². The van der Waals surface area contributed by atoms with Gasteiger partial charge in [-0.15, -0.1) is 0 Å². The molecule has 0 unspecified atom stereocenters. The van der Waals surface area contributed by atoms with Crippen molar-refractivity contribution in [2.45, 2.75) is 20.3 Å². The molecule has 5 nitrogen and oxygen atoms in total. The number of carbonyl (C=O) groups excluding carboxylic acids is 2. The Balaban J connectivity index is 2.77. The number of rotatable bonds is 6. The number of esters is 1. The number of pyridine rings is 1. The molecule has 1 heterocycles. The second-order valence-electron chi connectivity index (χ2n) is 3.90. The van der Waals surface area contributed by atoms with Gasteiger partial charge in [-0.05, 0) is 41.4 Å². The molecular weight excluding hydrogens is 312 g/mol. The lowest BCUT2D eigenvalue weighted by atomic mass is 10.2. The molecule has 0 aliphatic carbocycles. The Morgan fingerprint density at radius 1 is 1.37 bits per heavy atom. The lowest BCUT2D eigenvalue weighted by molar-refractivity contribution is -0.143. The van der Waals surface area contributed by atoms with E-state index in [0.717, 1.165) is 6.42 Å². The van der Waals surface area contributed by atoms with Gasteiger partial charge in [0.1, 0.15) is 11.1 Å². The normalized spacial score (nSPS) is 10.1. The smallest absolute Gasteiger partial charge is 0.325 e. The zero-order valence-electron chi connectivity index (χ0n) is 11.1. The molecule has 1 amide bonds. The van der Waals surface area contributed by atoms with Gasteiger partial charge in [-0.25, -0.2) is 4.98 Å². The van der Waals surface area contributed by atoms with E-state index >= 15 is 0 Å². The van der Waals surface area contributed by atoms with Crippen LogP contribution in [0, 0.1) is 0 Å². The summed E-state index contributed by atoms with van der Waals surface area (Å²) in [6.45, 7) is 4.48. The van der Waals surface area contributed by atoms with E-state index in [-0.39, 0.29) is 12.5 Å². The average molecular weight is 329 g/mol. The lowest BCUT2D eigenvalue weighted by Gasteiger charge is -2.20. The molecule has 0 aromatic carbocycles. The van der Waals surface area contributed by atoms with Gasteiger partial charge in [-0.1, -0.05) is 6.92 Å². The van der Waals surface area contributed by atoms with E-state index < -0.39 is 5.97 Å². The van der Waals surface area contributed by atoms with Gasteiger partial charge in [0.15, 0.2) is 0 Å². The fourth-order valence-electron chi connectivity index (χ4n) is 1.57. The van der Waals surface area contributed by atoms with Crippen molar-refractivity contribution in [3.05, 3.63) is 28.5 Å². The van der Waals surface area contributed by atoms with Crippen molar-refractivity contribution in [1.82, 2.24) is 9.88 Å². The van der Waals surface area contributed by atoms with Crippen LogP contribution >= 0.6 is 15.9 Å². The molecule has 0 spiro atoms. The fourth-order valence-corrected chi connectivity index (χ4v) is 1.80. The summed E-state index contributed by atoms with van der Waals surface area (Å²) in [5.74, 6) is -0.607. The number of aromatic nitrogens is 1. The first kappa shape index (κ1) is 15.6. The summed E-state index contributed by atoms with van der Waals surface area (Å²) in [6, 6.07) is 3.37. The Bertz CT molecular complexity index is 434. The van der Waals surface area contributed by atoms with Crippen molar-refractivity contribution in [3.8, 4) is 0 Å². The highest BCUT2D eigenvalue weighted by atomic mass is 79.9. The topological polar surface area (TPSA) is 59.5 Å². The van der Waals surface area contributed by atoms with Crippen LogP contribution in [0.1, 0.15) is 30.6 Å². The van der Waals surface area contributed by atoms with Gasteiger partial charge in [-0.3, -0.25) is 9.59 Å². The van der Waals surface area contributed by atoms with Gasteiger partial charge >= 0.3 is 5.97 Å². The maximum absolute atomic E-state index is 12.2. The molecule has 0 saturated carbocycles. The third-order valence-electron chi connectivity index (χ3n) is 2.38. The maximum atomic E-state index is 12.2. The standard InChI is InChI=1S/C13H17BrN2O3/c1-3-7-16(9-12(17)19-4-2)13(18)10-5-6-11(14)15-8-10/h5-6,8H,3-4,7,9H2,1-2H3. The molecule has 0 radical (unpaired) electrons. The van der Waals surface area contributed by atoms with Gasteiger partial charge in [0.05, 0.1) is 12.2 Å². The minimum atomic E-state index is -0.394. The Labute approximate surface area is 121 Å². The van der Waals surface area contributed by atoms with Crippen LogP contribution in [0.4, 0.5) is 0 Å². The number of ether oxygens (including phenoxy) is 1. The Kier molecular flexibility index (Phi) is 6.49. The third-order valence-corrected chi connectivity index (χ3v) is 2.85. The number of halogens is 1. The molecule has 19 heavy (non-hydrogen) atoms. The predicted molar refractivity (Wildman–Crippen MR) is 74.8 cm³/mol. The monoisotopic (exact) mass is 328 g/mol. The molecule has 0 aliphatic heterocycles. The third kappa shape index (κ3) is 4.98. The van der Waals surface area contributed by atoms with Gasteiger partial charge in [0.2, 0.25) is 0 Å². The molecule has 0 bridgehead atoms. The second-order valence-corrected chi connectivity index (χ2v) is 4.71. The van der Waals surface area contributed by atoms with Crippen LogP contribution in [0.25, 0.3) is 0 Å². The predicted octanol–water partition coefficient (Wildman–Crippen LogP) is 2.26. The Morgan fingerprint density at radius 2 is 2.11 bits per heavy atom. The van der Waals surface area contributed by atoms with E-state index in [4.69, 9.17) is 4.74 Å². The van der Waals surface area contributed by atoms with Crippen LogP contribution in [0.3, 0.4) is 0 Å². The highest BCUT2D eigenvalue weighted by Gasteiger charge is 2.18. The molecular formula is C13H17BrN2O3. The first-order chi connectivity index (χ1) is 9.08. The molecule has 104 valence electrons. The first-order valence-electron chi connectivity index (χ1n) is 6.15. The van der Waals surface area contributed by atoms with Gasteiger partial charge in [-0.2, -0.15) is 0 Å². The van der Waals surface area contributed by atoms with Crippen LogP contribution in [0.15, 0.2) is 22.9 Å². The van der Waals surface area contributed by atoms with E-state index in [1.807, 2.05) is 6.92 Å². The van der Waals surface area contributed by atoms with Gasteiger partial charge < -0.3 is 9.64 Å². The SMILES string of the molecule is CCCN(CC(=O)OCC)C(=O)c1ccc(Br)nc1. The van der Waals surface area contributed by atoms with Gasteiger partial charge in [0, 0.05) is 12.7 Å². The summed E-state index contributed by atoms with van der Waals surface area (Å²) in [7, 11) is 0. The molecule has 0 N–H and O–H groups in total. The summed E-state index contributed by atoms with van der Waals surface area (Å²) >= 11 is 3.21. The van der Waals surface area contributed by atoms with Crippen LogP contribution in [0.2, 0.25) is 0 Å².